The molecule has 0 bridgehead atoms. The molecule has 1 heterocycles. The molecule has 1 saturated heterocycles. The Bertz CT molecular complexity index is 544. The zero-order chi connectivity index (χ0) is 16.9. The van der Waals surface area contributed by atoms with Gasteiger partial charge in [-0.2, -0.15) is 0 Å². The molecular formula is C16H20F2N2O3. The zero-order valence-corrected chi connectivity index (χ0v) is 12.7. The molecule has 1 aromatic carbocycles. The van der Waals surface area contributed by atoms with Gasteiger partial charge in [0.2, 0.25) is 5.91 Å². The Morgan fingerprint density at radius 3 is 2.39 bits per heavy atom. The Hall–Kier alpha value is -2.02. The van der Waals surface area contributed by atoms with Gasteiger partial charge in [-0.1, -0.05) is 18.2 Å². The maximum atomic E-state index is 12.9. The highest BCUT2D eigenvalue weighted by atomic mass is 19.3. The lowest BCUT2D eigenvalue weighted by molar-refractivity contribution is -0.129. The van der Waals surface area contributed by atoms with Crippen LogP contribution in [-0.2, 0) is 4.79 Å². The number of alkyl halides is 2. The van der Waals surface area contributed by atoms with Crippen LogP contribution >= 0.6 is 0 Å². The fourth-order valence-electron chi connectivity index (χ4n) is 2.52. The molecular weight excluding hydrogens is 306 g/mol. The van der Waals surface area contributed by atoms with Crippen molar-refractivity contribution in [3.63, 3.8) is 0 Å². The van der Waals surface area contributed by atoms with E-state index in [0.717, 1.165) is 0 Å². The van der Waals surface area contributed by atoms with Gasteiger partial charge in [0.1, 0.15) is 6.61 Å². The predicted octanol–water partition coefficient (Wildman–Crippen LogP) is 1.28. The Kier molecular flexibility index (Phi) is 5.65. The minimum atomic E-state index is -3.31. The SMILES string of the molecule is O=C(NCC(F)(F)CO)C1CCN(C(=O)c2ccccc2)CC1. The number of rotatable bonds is 5. The number of benzene rings is 1. The molecule has 0 spiro atoms. The molecule has 7 heteroatoms. The number of amides is 2. The Balaban J connectivity index is 1.82. The molecule has 2 N–H and O–H groups in total. The van der Waals surface area contributed by atoms with Crippen LogP contribution in [0.15, 0.2) is 30.3 Å². The summed E-state index contributed by atoms with van der Waals surface area (Å²) in [6.07, 6.45) is 0.879. The summed E-state index contributed by atoms with van der Waals surface area (Å²) in [4.78, 5) is 25.8. The fraction of sp³-hybridized carbons (Fsp3) is 0.500. The number of carbonyl (C=O) groups is 2. The summed E-state index contributed by atoms with van der Waals surface area (Å²) in [5.74, 6) is -4.23. The number of aliphatic hydroxyl groups is 1. The Morgan fingerprint density at radius 1 is 1.22 bits per heavy atom. The zero-order valence-electron chi connectivity index (χ0n) is 12.7. The van der Waals surface area contributed by atoms with E-state index >= 15 is 0 Å². The first-order valence-electron chi connectivity index (χ1n) is 7.54. The summed E-state index contributed by atoms with van der Waals surface area (Å²) in [6.45, 7) is -1.33. The van der Waals surface area contributed by atoms with Crippen molar-refractivity contribution in [1.82, 2.24) is 10.2 Å². The number of hydrogen-bond donors (Lipinski definition) is 2. The lowest BCUT2D eigenvalue weighted by atomic mass is 9.95. The van der Waals surface area contributed by atoms with E-state index in [-0.39, 0.29) is 11.8 Å². The summed E-state index contributed by atoms with van der Waals surface area (Å²) in [7, 11) is 0. The number of nitrogens with zero attached hydrogens (tertiary/aromatic N) is 1. The third kappa shape index (κ3) is 4.72. The number of nitrogens with one attached hydrogen (secondary N) is 1. The summed E-state index contributed by atoms with van der Waals surface area (Å²) in [6, 6.07) is 8.87. The highest BCUT2D eigenvalue weighted by Gasteiger charge is 2.32. The van der Waals surface area contributed by atoms with Crippen LogP contribution in [0, 0.1) is 5.92 Å². The van der Waals surface area contributed by atoms with Crippen LogP contribution in [0.5, 0.6) is 0 Å². The molecule has 23 heavy (non-hydrogen) atoms. The molecule has 1 aliphatic rings. The lowest BCUT2D eigenvalue weighted by Gasteiger charge is -2.31. The Labute approximate surface area is 133 Å². The second-order valence-corrected chi connectivity index (χ2v) is 5.66. The van der Waals surface area contributed by atoms with Gasteiger partial charge >= 0.3 is 0 Å². The molecule has 1 aliphatic heterocycles. The van der Waals surface area contributed by atoms with Gasteiger partial charge in [0.15, 0.2) is 0 Å². The molecule has 2 amide bonds. The highest BCUT2D eigenvalue weighted by molar-refractivity contribution is 5.94. The second-order valence-electron chi connectivity index (χ2n) is 5.66. The molecule has 0 aliphatic carbocycles. The number of halogens is 2. The number of piperidine rings is 1. The number of likely N-dealkylation sites (tertiary alicyclic amines) is 1. The van der Waals surface area contributed by atoms with Gasteiger partial charge in [0.05, 0.1) is 6.54 Å². The first kappa shape index (κ1) is 17.3. The summed E-state index contributed by atoms with van der Waals surface area (Å²) < 4.78 is 25.8. The second kappa shape index (κ2) is 7.50. The van der Waals surface area contributed by atoms with Gasteiger partial charge in [0.25, 0.3) is 11.8 Å². The predicted molar refractivity (Wildman–Crippen MR) is 80.1 cm³/mol. The van der Waals surface area contributed by atoms with E-state index < -0.39 is 25.0 Å². The molecule has 0 aromatic heterocycles. The largest absolute Gasteiger partial charge is 0.390 e. The quantitative estimate of drug-likeness (QED) is 0.856. The van der Waals surface area contributed by atoms with Gasteiger partial charge in [-0.15, -0.1) is 0 Å². The van der Waals surface area contributed by atoms with E-state index in [2.05, 4.69) is 5.32 Å². The molecule has 2 rings (SSSR count). The van der Waals surface area contributed by atoms with Crippen LogP contribution in [-0.4, -0.2) is 54.0 Å². The van der Waals surface area contributed by atoms with Crippen molar-refractivity contribution >= 4 is 11.8 Å². The van der Waals surface area contributed by atoms with Gasteiger partial charge in [-0.25, -0.2) is 8.78 Å². The molecule has 0 unspecified atom stereocenters. The van der Waals surface area contributed by atoms with Crippen molar-refractivity contribution < 1.29 is 23.5 Å². The van der Waals surface area contributed by atoms with E-state index in [0.29, 0.717) is 31.5 Å². The van der Waals surface area contributed by atoms with Crippen LogP contribution in [0.4, 0.5) is 8.78 Å². The van der Waals surface area contributed by atoms with Crippen molar-refractivity contribution in [2.75, 3.05) is 26.2 Å². The van der Waals surface area contributed by atoms with Gasteiger partial charge in [-0.3, -0.25) is 9.59 Å². The average Bonchev–Trinajstić information content (AvgIpc) is 2.60. The summed E-state index contributed by atoms with van der Waals surface area (Å²) >= 11 is 0. The van der Waals surface area contributed by atoms with Crippen LogP contribution < -0.4 is 5.32 Å². The highest BCUT2D eigenvalue weighted by Crippen LogP contribution is 2.20. The maximum absolute atomic E-state index is 12.9. The van der Waals surface area contributed by atoms with Gasteiger partial charge in [-0.05, 0) is 25.0 Å². The standard InChI is InChI=1S/C16H20F2N2O3/c17-16(18,11-21)10-19-14(22)12-6-8-20(9-7-12)15(23)13-4-2-1-3-5-13/h1-5,12,21H,6-11H2,(H,19,22). The van der Waals surface area contributed by atoms with E-state index in [1.165, 1.54) is 0 Å². The maximum Gasteiger partial charge on any atom is 0.287 e. The van der Waals surface area contributed by atoms with Crippen LogP contribution in [0.3, 0.4) is 0 Å². The van der Waals surface area contributed by atoms with Gasteiger partial charge in [0, 0.05) is 24.6 Å². The molecule has 1 aromatic rings. The molecule has 5 nitrogen and oxygen atoms in total. The molecule has 0 radical (unpaired) electrons. The van der Waals surface area contributed by atoms with Crippen LogP contribution in [0.2, 0.25) is 0 Å². The number of carbonyl (C=O) groups excluding carboxylic acids is 2. The van der Waals surface area contributed by atoms with Crippen molar-refractivity contribution in [3.05, 3.63) is 35.9 Å². The van der Waals surface area contributed by atoms with Crippen molar-refractivity contribution in [1.29, 1.82) is 0 Å². The summed E-state index contributed by atoms with van der Waals surface area (Å²) in [5.41, 5.74) is 0.595. The van der Waals surface area contributed by atoms with E-state index in [4.69, 9.17) is 5.11 Å². The average molecular weight is 326 g/mol. The fourth-order valence-corrected chi connectivity index (χ4v) is 2.52. The van der Waals surface area contributed by atoms with Crippen LogP contribution in [0.25, 0.3) is 0 Å². The minimum Gasteiger partial charge on any atom is -0.390 e. The first-order chi connectivity index (χ1) is 10.9. The number of aliphatic hydroxyl groups excluding tert-OH is 1. The first-order valence-corrected chi connectivity index (χ1v) is 7.54. The van der Waals surface area contributed by atoms with Crippen LogP contribution in [0.1, 0.15) is 23.2 Å². The van der Waals surface area contributed by atoms with Crippen molar-refractivity contribution in [2.24, 2.45) is 5.92 Å². The molecule has 0 saturated carbocycles. The number of hydrogen-bond acceptors (Lipinski definition) is 3. The van der Waals surface area contributed by atoms with E-state index in [9.17, 15) is 18.4 Å². The monoisotopic (exact) mass is 326 g/mol. The lowest BCUT2D eigenvalue weighted by Crippen LogP contribution is -2.46. The van der Waals surface area contributed by atoms with Crippen molar-refractivity contribution in [2.45, 2.75) is 18.8 Å². The molecule has 0 atom stereocenters. The normalized spacial score (nSPS) is 16.2. The van der Waals surface area contributed by atoms with E-state index in [1.807, 2.05) is 6.07 Å². The van der Waals surface area contributed by atoms with Crippen molar-refractivity contribution in [3.8, 4) is 0 Å². The molecule has 1 fully saturated rings. The Morgan fingerprint density at radius 2 is 1.83 bits per heavy atom. The molecule has 126 valence electrons. The topological polar surface area (TPSA) is 69.6 Å². The van der Waals surface area contributed by atoms with E-state index in [1.54, 1.807) is 29.2 Å². The summed E-state index contributed by atoms with van der Waals surface area (Å²) in [5, 5.41) is 10.6. The smallest absolute Gasteiger partial charge is 0.287 e. The third-order valence-corrected chi connectivity index (χ3v) is 3.93. The van der Waals surface area contributed by atoms with Gasteiger partial charge < -0.3 is 15.3 Å². The third-order valence-electron chi connectivity index (χ3n) is 3.93. The minimum absolute atomic E-state index is 0.0868.